The molecule has 1 aromatic rings. The van der Waals surface area contributed by atoms with Crippen LogP contribution in [0.15, 0.2) is 24.3 Å². The Kier molecular flexibility index (Phi) is 9.29. The smallest absolute Gasteiger partial charge is 0.158 e. The van der Waals surface area contributed by atoms with Crippen LogP contribution < -0.4 is 4.90 Å². The highest BCUT2D eigenvalue weighted by Gasteiger charge is 2.23. The quantitative estimate of drug-likeness (QED) is 0.530. The topological polar surface area (TPSA) is 32.8 Å². The normalized spacial score (nSPS) is 23.3. The first kappa shape index (κ1) is 22.6. The number of benzene rings is 1. The van der Waals surface area contributed by atoms with Gasteiger partial charge in [-0.1, -0.05) is 55.8 Å². The summed E-state index contributed by atoms with van der Waals surface area (Å²) in [4.78, 5) is 16.6. The minimum atomic E-state index is 0.246. The third-order valence-electron chi connectivity index (χ3n) is 6.76. The summed E-state index contributed by atoms with van der Waals surface area (Å²) in [6, 6.07) is 8.18. The molecule has 4 nitrogen and oxygen atoms in total. The van der Waals surface area contributed by atoms with Crippen LogP contribution in [0.25, 0.3) is 0 Å². The number of hydrogen-bond donors (Lipinski definition) is 0. The number of Topliss-reactive ketones (excluding diaryl/α,β-unsaturated/α-hetero) is 1. The number of methoxy groups -OCH3 is 1. The Bertz CT molecular complexity index is 623. The van der Waals surface area contributed by atoms with E-state index >= 15 is 0 Å². The molecule has 1 aliphatic carbocycles. The van der Waals surface area contributed by atoms with E-state index in [1.54, 1.807) is 7.11 Å². The molecule has 162 valence electrons. The van der Waals surface area contributed by atoms with E-state index in [1.165, 1.54) is 50.8 Å². The van der Waals surface area contributed by atoms with Gasteiger partial charge in [0.15, 0.2) is 5.78 Å². The Morgan fingerprint density at radius 3 is 2.34 bits per heavy atom. The fourth-order valence-corrected chi connectivity index (χ4v) is 5.17. The molecule has 0 unspecified atom stereocenters. The van der Waals surface area contributed by atoms with Gasteiger partial charge in [-0.3, -0.25) is 9.69 Å². The maximum atomic E-state index is 11.6. The summed E-state index contributed by atoms with van der Waals surface area (Å²) in [6.07, 6.45) is 9.72. The Balaban J connectivity index is 1.28. The second kappa shape index (κ2) is 11.9. The summed E-state index contributed by atoms with van der Waals surface area (Å²) in [5.74, 6) is 1.97. The Morgan fingerprint density at radius 1 is 1.03 bits per heavy atom. The zero-order chi connectivity index (χ0) is 20.5. The number of carbonyl (C=O) groups excluding carboxylic acids is 1. The second-order valence-electron chi connectivity index (χ2n) is 8.82. The van der Waals surface area contributed by atoms with E-state index in [1.807, 2.05) is 12.1 Å². The fourth-order valence-electron chi connectivity index (χ4n) is 4.92. The number of anilines is 1. The third kappa shape index (κ3) is 7.27. The molecule has 1 saturated carbocycles. The van der Waals surface area contributed by atoms with Gasteiger partial charge < -0.3 is 9.64 Å². The number of para-hydroxylation sites is 1. The molecule has 29 heavy (non-hydrogen) atoms. The molecule has 2 aliphatic rings. The number of hydrogen-bond acceptors (Lipinski definition) is 4. The minimum Gasteiger partial charge on any atom is -0.377 e. The molecule has 0 N–H and O–H groups in total. The number of carbonyl (C=O) groups is 1. The van der Waals surface area contributed by atoms with Crippen LogP contribution in [0, 0.1) is 11.8 Å². The van der Waals surface area contributed by atoms with Crippen molar-refractivity contribution in [3.8, 4) is 0 Å². The van der Waals surface area contributed by atoms with Gasteiger partial charge in [-0.15, -0.1) is 0 Å². The SMILES string of the molecule is COCC(=O)CCC[C@H]1CC[C@H](CCN2CCN(c3ccccc3Cl)CC2)CC1. The van der Waals surface area contributed by atoms with Crippen LogP contribution in [0.2, 0.25) is 5.02 Å². The Morgan fingerprint density at radius 2 is 1.69 bits per heavy atom. The van der Waals surface area contributed by atoms with Crippen LogP contribution >= 0.6 is 11.6 Å². The molecule has 3 rings (SSSR count). The van der Waals surface area contributed by atoms with Crippen molar-refractivity contribution >= 4 is 23.1 Å². The largest absolute Gasteiger partial charge is 0.377 e. The fraction of sp³-hybridized carbons (Fsp3) is 0.708. The third-order valence-corrected chi connectivity index (χ3v) is 7.08. The molecule has 1 heterocycles. The molecular formula is C24H37ClN2O2. The van der Waals surface area contributed by atoms with E-state index in [-0.39, 0.29) is 12.4 Å². The molecule has 0 atom stereocenters. The van der Waals surface area contributed by atoms with Crippen molar-refractivity contribution in [2.45, 2.75) is 51.4 Å². The standard InChI is InChI=1S/C24H37ClN2O2/c1-29-19-22(28)6-4-5-20-9-11-21(12-10-20)13-14-26-15-17-27(18-16-26)24-8-3-2-7-23(24)25/h2-3,7-8,20-21H,4-6,9-19H2,1H3/t20-,21-. The first-order chi connectivity index (χ1) is 14.2. The van der Waals surface area contributed by atoms with Crippen molar-refractivity contribution in [2.75, 3.05) is 51.3 Å². The van der Waals surface area contributed by atoms with Crippen LogP contribution in [-0.2, 0) is 9.53 Å². The molecule has 0 amide bonds. The van der Waals surface area contributed by atoms with E-state index in [4.69, 9.17) is 16.3 Å². The highest BCUT2D eigenvalue weighted by atomic mass is 35.5. The lowest BCUT2D eigenvalue weighted by Crippen LogP contribution is -2.47. The van der Waals surface area contributed by atoms with Crippen molar-refractivity contribution in [1.82, 2.24) is 4.90 Å². The van der Waals surface area contributed by atoms with Crippen molar-refractivity contribution in [3.63, 3.8) is 0 Å². The molecule has 5 heteroatoms. The van der Waals surface area contributed by atoms with Gasteiger partial charge in [0.05, 0.1) is 10.7 Å². The zero-order valence-corrected chi connectivity index (χ0v) is 18.7. The summed E-state index contributed by atoms with van der Waals surface area (Å²) in [5, 5.41) is 0.862. The zero-order valence-electron chi connectivity index (χ0n) is 18.0. The molecule has 0 bridgehead atoms. The van der Waals surface area contributed by atoms with Crippen LogP contribution in [0.3, 0.4) is 0 Å². The summed E-state index contributed by atoms with van der Waals surface area (Å²) in [5.41, 5.74) is 1.18. The summed E-state index contributed by atoms with van der Waals surface area (Å²) < 4.78 is 4.91. The maximum Gasteiger partial charge on any atom is 0.158 e. The number of rotatable bonds is 10. The van der Waals surface area contributed by atoms with Crippen molar-refractivity contribution < 1.29 is 9.53 Å². The number of ketones is 1. The average molecular weight is 421 g/mol. The molecule has 1 saturated heterocycles. The van der Waals surface area contributed by atoms with Gasteiger partial charge in [-0.25, -0.2) is 0 Å². The first-order valence-corrected chi connectivity index (χ1v) is 11.8. The predicted octanol–water partition coefficient (Wildman–Crippen LogP) is 5.04. The molecule has 0 radical (unpaired) electrons. The lowest BCUT2D eigenvalue weighted by Gasteiger charge is -2.37. The molecule has 2 fully saturated rings. The van der Waals surface area contributed by atoms with E-state index in [9.17, 15) is 4.79 Å². The Hall–Kier alpha value is -1.10. The first-order valence-electron chi connectivity index (χ1n) is 11.4. The minimum absolute atomic E-state index is 0.246. The molecule has 0 aromatic heterocycles. The van der Waals surface area contributed by atoms with Crippen LogP contribution in [0.4, 0.5) is 5.69 Å². The van der Waals surface area contributed by atoms with Gasteiger partial charge in [0.2, 0.25) is 0 Å². The highest BCUT2D eigenvalue weighted by Crippen LogP contribution is 2.34. The average Bonchev–Trinajstić information content (AvgIpc) is 2.74. The molecular weight excluding hydrogens is 384 g/mol. The molecule has 0 spiro atoms. The summed E-state index contributed by atoms with van der Waals surface area (Å²) in [6.45, 7) is 5.92. The van der Waals surface area contributed by atoms with Gasteiger partial charge in [-0.2, -0.15) is 0 Å². The van der Waals surface area contributed by atoms with Crippen molar-refractivity contribution in [1.29, 1.82) is 0 Å². The molecule has 1 aromatic carbocycles. The lowest BCUT2D eigenvalue weighted by atomic mass is 9.78. The Labute approximate surface area is 181 Å². The number of halogens is 1. The molecule has 1 aliphatic heterocycles. The lowest BCUT2D eigenvalue weighted by molar-refractivity contribution is -0.122. The van der Waals surface area contributed by atoms with E-state index in [0.717, 1.165) is 49.5 Å². The van der Waals surface area contributed by atoms with Gasteiger partial charge in [0.1, 0.15) is 6.61 Å². The van der Waals surface area contributed by atoms with Crippen molar-refractivity contribution in [2.24, 2.45) is 11.8 Å². The van der Waals surface area contributed by atoms with Crippen LogP contribution in [-0.4, -0.2) is 57.1 Å². The number of ether oxygens (including phenoxy) is 1. The summed E-state index contributed by atoms with van der Waals surface area (Å²) >= 11 is 6.35. The van der Waals surface area contributed by atoms with Gasteiger partial charge in [-0.05, 0) is 43.4 Å². The van der Waals surface area contributed by atoms with Gasteiger partial charge >= 0.3 is 0 Å². The van der Waals surface area contributed by atoms with E-state index < -0.39 is 0 Å². The van der Waals surface area contributed by atoms with Gasteiger partial charge in [0.25, 0.3) is 0 Å². The van der Waals surface area contributed by atoms with Crippen LogP contribution in [0.1, 0.15) is 51.4 Å². The second-order valence-corrected chi connectivity index (χ2v) is 9.23. The van der Waals surface area contributed by atoms with Crippen molar-refractivity contribution in [3.05, 3.63) is 29.3 Å². The number of piperazine rings is 1. The van der Waals surface area contributed by atoms with E-state index in [2.05, 4.69) is 21.9 Å². The summed E-state index contributed by atoms with van der Waals surface area (Å²) in [7, 11) is 1.60. The monoisotopic (exact) mass is 420 g/mol. The van der Waals surface area contributed by atoms with Crippen LogP contribution in [0.5, 0.6) is 0 Å². The van der Waals surface area contributed by atoms with Gasteiger partial charge in [0, 0.05) is 39.7 Å². The predicted molar refractivity (Wildman–Crippen MR) is 121 cm³/mol. The van der Waals surface area contributed by atoms with E-state index in [0.29, 0.717) is 6.42 Å². The maximum absolute atomic E-state index is 11.6. The number of nitrogens with zero attached hydrogens (tertiary/aromatic N) is 2. The highest BCUT2D eigenvalue weighted by molar-refractivity contribution is 6.33.